The number of phenolic OH excluding ortho intramolecular Hbond substituents is 1. The minimum atomic E-state index is 0.177. The van der Waals surface area contributed by atoms with Crippen LogP contribution in [0.25, 0.3) is 0 Å². The zero-order valence-electron chi connectivity index (χ0n) is 8.30. The summed E-state index contributed by atoms with van der Waals surface area (Å²) in [6, 6.07) is 6.60. The maximum absolute atomic E-state index is 9.20. The zero-order chi connectivity index (χ0) is 10.7. The van der Waals surface area contributed by atoms with Gasteiger partial charge in [-0.3, -0.25) is 0 Å². The standard InChI is InChI=1S/C11H11NO3/c1-8-6-12-11(15-8)7-14-10-4-2-3-9(13)5-10/h2-6,13H,7H2,1H3. The summed E-state index contributed by atoms with van der Waals surface area (Å²) < 4.78 is 10.6. The van der Waals surface area contributed by atoms with Gasteiger partial charge in [0, 0.05) is 6.07 Å². The van der Waals surface area contributed by atoms with Crippen LogP contribution in [-0.2, 0) is 6.61 Å². The molecule has 1 heterocycles. The van der Waals surface area contributed by atoms with E-state index in [0.717, 1.165) is 5.76 Å². The summed E-state index contributed by atoms with van der Waals surface area (Å²) >= 11 is 0. The Kier molecular flexibility index (Phi) is 2.58. The van der Waals surface area contributed by atoms with Crippen LogP contribution in [0.15, 0.2) is 34.9 Å². The molecule has 0 radical (unpaired) electrons. The summed E-state index contributed by atoms with van der Waals surface area (Å²) in [5.74, 6) is 2.04. The Morgan fingerprint density at radius 1 is 1.47 bits per heavy atom. The number of aryl methyl sites for hydroxylation is 1. The van der Waals surface area contributed by atoms with Crippen LogP contribution < -0.4 is 4.74 Å². The molecule has 0 spiro atoms. The van der Waals surface area contributed by atoms with Gasteiger partial charge in [-0.2, -0.15) is 0 Å². The Labute approximate surface area is 87.1 Å². The molecule has 4 nitrogen and oxygen atoms in total. The van der Waals surface area contributed by atoms with Crippen molar-refractivity contribution in [2.45, 2.75) is 13.5 Å². The minimum absolute atomic E-state index is 0.177. The quantitative estimate of drug-likeness (QED) is 0.835. The number of aromatic hydroxyl groups is 1. The Balaban J connectivity index is 1.99. The van der Waals surface area contributed by atoms with Gasteiger partial charge < -0.3 is 14.3 Å². The summed E-state index contributed by atoms with van der Waals surface area (Å²) in [5.41, 5.74) is 0. The second kappa shape index (κ2) is 4.04. The number of rotatable bonds is 3. The van der Waals surface area contributed by atoms with Gasteiger partial charge in [0.2, 0.25) is 5.89 Å². The second-order valence-corrected chi connectivity index (χ2v) is 3.15. The third-order valence-corrected chi connectivity index (χ3v) is 1.85. The first-order chi connectivity index (χ1) is 7.24. The van der Waals surface area contributed by atoms with Crippen molar-refractivity contribution in [2.75, 3.05) is 0 Å². The Morgan fingerprint density at radius 2 is 2.33 bits per heavy atom. The molecule has 0 saturated heterocycles. The molecule has 2 rings (SSSR count). The molecule has 78 valence electrons. The number of hydrogen-bond donors (Lipinski definition) is 1. The average molecular weight is 205 g/mol. The highest BCUT2D eigenvalue weighted by molar-refractivity contribution is 5.31. The van der Waals surface area contributed by atoms with Crippen LogP contribution in [-0.4, -0.2) is 10.1 Å². The monoisotopic (exact) mass is 205 g/mol. The molecular weight excluding hydrogens is 194 g/mol. The molecule has 2 aromatic rings. The molecule has 0 saturated carbocycles. The van der Waals surface area contributed by atoms with E-state index in [0.29, 0.717) is 11.6 Å². The number of nitrogens with zero attached hydrogens (tertiary/aromatic N) is 1. The first-order valence-electron chi connectivity index (χ1n) is 4.57. The normalized spacial score (nSPS) is 10.2. The lowest BCUT2D eigenvalue weighted by atomic mass is 10.3. The molecular formula is C11H11NO3. The molecule has 4 heteroatoms. The number of phenols is 1. The van der Waals surface area contributed by atoms with Gasteiger partial charge >= 0.3 is 0 Å². The Morgan fingerprint density at radius 3 is 3.00 bits per heavy atom. The highest BCUT2D eigenvalue weighted by Gasteiger charge is 2.01. The fraction of sp³-hybridized carbons (Fsp3) is 0.182. The van der Waals surface area contributed by atoms with Crippen molar-refractivity contribution in [3.05, 3.63) is 42.1 Å². The average Bonchev–Trinajstić information content (AvgIpc) is 2.62. The fourth-order valence-corrected chi connectivity index (χ4v) is 1.19. The van der Waals surface area contributed by atoms with Gasteiger partial charge in [-0.15, -0.1) is 0 Å². The van der Waals surface area contributed by atoms with Gasteiger partial charge in [-0.25, -0.2) is 4.98 Å². The van der Waals surface area contributed by atoms with Crippen molar-refractivity contribution in [1.29, 1.82) is 0 Å². The maximum atomic E-state index is 9.20. The van der Waals surface area contributed by atoms with E-state index < -0.39 is 0 Å². The van der Waals surface area contributed by atoms with Crippen LogP contribution in [0.4, 0.5) is 0 Å². The molecule has 0 atom stereocenters. The smallest absolute Gasteiger partial charge is 0.232 e. The number of aromatic nitrogens is 1. The molecule has 0 bridgehead atoms. The van der Waals surface area contributed by atoms with Crippen LogP contribution in [0, 0.1) is 6.92 Å². The first-order valence-corrected chi connectivity index (χ1v) is 4.57. The van der Waals surface area contributed by atoms with E-state index in [-0.39, 0.29) is 12.4 Å². The first kappa shape index (κ1) is 9.58. The zero-order valence-corrected chi connectivity index (χ0v) is 8.30. The van der Waals surface area contributed by atoms with Crippen molar-refractivity contribution in [2.24, 2.45) is 0 Å². The predicted octanol–water partition coefficient (Wildman–Crippen LogP) is 2.27. The molecule has 1 aromatic carbocycles. The topological polar surface area (TPSA) is 55.5 Å². The molecule has 15 heavy (non-hydrogen) atoms. The van der Waals surface area contributed by atoms with Crippen LogP contribution in [0.5, 0.6) is 11.5 Å². The maximum Gasteiger partial charge on any atom is 0.232 e. The largest absolute Gasteiger partial charge is 0.508 e. The summed E-state index contributed by atoms with van der Waals surface area (Å²) in [4.78, 5) is 4.00. The van der Waals surface area contributed by atoms with Gasteiger partial charge in [0.05, 0.1) is 6.20 Å². The second-order valence-electron chi connectivity index (χ2n) is 3.15. The molecule has 1 N–H and O–H groups in total. The van der Waals surface area contributed by atoms with Gasteiger partial charge in [-0.05, 0) is 19.1 Å². The van der Waals surface area contributed by atoms with Gasteiger partial charge in [0.15, 0.2) is 6.61 Å². The summed E-state index contributed by atoms with van der Waals surface area (Å²) in [6.07, 6.45) is 1.64. The Hall–Kier alpha value is -1.97. The molecule has 0 amide bonds. The van der Waals surface area contributed by atoms with E-state index in [1.165, 1.54) is 6.07 Å². The summed E-state index contributed by atoms with van der Waals surface area (Å²) in [5, 5.41) is 9.20. The van der Waals surface area contributed by atoms with Crippen molar-refractivity contribution in [3.63, 3.8) is 0 Å². The van der Waals surface area contributed by atoms with E-state index in [1.807, 2.05) is 6.92 Å². The van der Waals surface area contributed by atoms with E-state index in [9.17, 15) is 5.11 Å². The van der Waals surface area contributed by atoms with Crippen molar-refractivity contribution in [3.8, 4) is 11.5 Å². The highest BCUT2D eigenvalue weighted by atomic mass is 16.5. The van der Waals surface area contributed by atoms with Crippen LogP contribution >= 0.6 is 0 Å². The van der Waals surface area contributed by atoms with E-state index in [4.69, 9.17) is 9.15 Å². The molecule has 0 aliphatic carbocycles. The van der Waals surface area contributed by atoms with Crippen molar-refractivity contribution >= 4 is 0 Å². The predicted molar refractivity (Wildman–Crippen MR) is 53.7 cm³/mol. The van der Waals surface area contributed by atoms with Crippen LogP contribution in [0.1, 0.15) is 11.7 Å². The highest BCUT2D eigenvalue weighted by Crippen LogP contribution is 2.18. The van der Waals surface area contributed by atoms with Gasteiger partial charge in [0.25, 0.3) is 0 Å². The summed E-state index contributed by atoms with van der Waals surface area (Å²) in [7, 11) is 0. The minimum Gasteiger partial charge on any atom is -0.508 e. The molecule has 0 fully saturated rings. The van der Waals surface area contributed by atoms with Gasteiger partial charge in [0.1, 0.15) is 17.3 Å². The van der Waals surface area contributed by atoms with Crippen molar-refractivity contribution in [1.82, 2.24) is 4.98 Å². The van der Waals surface area contributed by atoms with Gasteiger partial charge in [-0.1, -0.05) is 6.07 Å². The van der Waals surface area contributed by atoms with E-state index in [1.54, 1.807) is 24.4 Å². The lowest BCUT2D eigenvalue weighted by molar-refractivity contribution is 0.259. The number of ether oxygens (including phenoxy) is 1. The lowest BCUT2D eigenvalue weighted by Crippen LogP contribution is -1.94. The fourth-order valence-electron chi connectivity index (χ4n) is 1.19. The molecule has 1 aromatic heterocycles. The Bertz CT molecular complexity index is 451. The third-order valence-electron chi connectivity index (χ3n) is 1.85. The SMILES string of the molecule is Cc1cnc(COc2cccc(O)c2)o1. The molecule has 0 aliphatic rings. The number of oxazole rings is 1. The number of benzene rings is 1. The molecule has 0 aliphatic heterocycles. The van der Waals surface area contributed by atoms with Crippen LogP contribution in [0.3, 0.4) is 0 Å². The third kappa shape index (κ3) is 2.49. The van der Waals surface area contributed by atoms with E-state index >= 15 is 0 Å². The number of hydrogen-bond acceptors (Lipinski definition) is 4. The van der Waals surface area contributed by atoms with E-state index in [2.05, 4.69) is 4.98 Å². The molecule has 0 unspecified atom stereocenters. The summed E-state index contributed by atoms with van der Waals surface area (Å²) in [6.45, 7) is 2.09. The van der Waals surface area contributed by atoms with Crippen molar-refractivity contribution < 1.29 is 14.3 Å². The lowest BCUT2D eigenvalue weighted by Gasteiger charge is -2.03. The van der Waals surface area contributed by atoms with Crippen LogP contribution in [0.2, 0.25) is 0 Å².